The number of anilines is 1. The fourth-order valence-electron chi connectivity index (χ4n) is 3.38. The normalized spacial score (nSPS) is 13.8. The van der Waals surface area contributed by atoms with Gasteiger partial charge in [0, 0.05) is 43.5 Å². The number of benzene rings is 1. The van der Waals surface area contributed by atoms with Crippen LogP contribution in [0.25, 0.3) is 0 Å². The van der Waals surface area contributed by atoms with Crippen molar-refractivity contribution in [3.8, 4) is 0 Å². The smallest absolute Gasteiger partial charge is 0.277 e. The molecule has 1 amide bonds. The molecule has 0 bridgehead atoms. The van der Waals surface area contributed by atoms with E-state index in [2.05, 4.69) is 44.6 Å². The Hall–Kier alpha value is -2.84. The summed E-state index contributed by atoms with van der Waals surface area (Å²) in [5, 5.41) is 7.58. The van der Waals surface area contributed by atoms with E-state index in [4.69, 9.17) is 0 Å². The van der Waals surface area contributed by atoms with Crippen LogP contribution in [0.3, 0.4) is 0 Å². The standard InChI is InChI=1S/C21H23N5O2S/c1-2-11-26-19(27)9-8-17(24-26)20(28)23-21-22-16-10-12-25(14-18(16)29-21)13-15-6-4-3-5-7-15/h3-9H,2,10-14H2,1H3,(H,22,23,28). The molecule has 1 N–H and O–H groups in total. The SMILES string of the molecule is CCCn1nc(C(=O)Nc2nc3c(s2)CN(Cc2ccccc2)CC3)ccc1=O. The molecule has 0 fully saturated rings. The number of hydrogen-bond acceptors (Lipinski definition) is 6. The second kappa shape index (κ2) is 8.67. The molecule has 2 aromatic heterocycles. The number of amides is 1. The Morgan fingerprint density at radius 3 is 2.83 bits per heavy atom. The van der Waals surface area contributed by atoms with Crippen molar-refractivity contribution in [2.75, 3.05) is 11.9 Å². The van der Waals surface area contributed by atoms with Gasteiger partial charge in [-0.15, -0.1) is 11.3 Å². The minimum absolute atomic E-state index is 0.202. The third-order valence-electron chi connectivity index (χ3n) is 4.81. The zero-order valence-corrected chi connectivity index (χ0v) is 17.1. The predicted molar refractivity (Wildman–Crippen MR) is 113 cm³/mol. The van der Waals surface area contributed by atoms with Crippen molar-refractivity contribution >= 4 is 22.4 Å². The number of nitrogens with zero attached hydrogens (tertiary/aromatic N) is 4. The number of aryl methyl sites for hydroxylation is 1. The molecule has 29 heavy (non-hydrogen) atoms. The molecule has 7 nitrogen and oxygen atoms in total. The molecule has 0 aliphatic carbocycles. The number of carbonyl (C=O) groups excluding carboxylic acids is 1. The monoisotopic (exact) mass is 409 g/mol. The highest BCUT2D eigenvalue weighted by molar-refractivity contribution is 7.15. The first kappa shape index (κ1) is 19.5. The highest BCUT2D eigenvalue weighted by atomic mass is 32.1. The van der Waals surface area contributed by atoms with Gasteiger partial charge in [-0.3, -0.25) is 19.8 Å². The van der Waals surface area contributed by atoms with Crippen LogP contribution in [0.2, 0.25) is 0 Å². The quantitative estimate of drug-likeness (QED) is 0.677. The number of thiazole rings is 1. The van der Waals surface area contributed by atoms with Gasteiger partial charge >= 0.3 is 0 Å². The Morgan fingerprint density at radius 2 is 2.03 bits per heavy atom. The highest BCUT2D eigenvalue weighted by Crippen LogP contribution is 2.29. The van der Waals surface area contributed by atoms with Crippen molar-refractivity contribution in [1.82, 2.24) is 19.7 Å². The fourth-order valence-corrected chi connectivity index (χ4v) is 4.43. The van der Waals surface area contributed by atoms with Gasteiger partial charge in [0.05, 0.1) is 5.69 Å². The molecule has 4 rings (SSSR count). The minimum atomic E-state index is -0.345. The Balaban J connectivity index is 1.43. The number of aromatic nitrogens is 3. The number of fused-ring (bicyclic) bond motifs is 1. The van der Waals surface area contributed by atoms with E-state index in [-0.39, 0.29) is 17.2 Å². The number of nitrogens with one attached hydrogen (secondary N) is 1. The first-order valence-electron chi connectivity index (χ1n) is 9.76. The molecule has 8 heteroatoms. The van der Waals surface area contributed by atoms with Crippen LogP contribution >= 0.6 is 11.3 Å². The molecule has 3 aromatic rings. The molecule has 0 unspecified atom stereocenters. The van der Waals surface area contributed by atoms with Crippen LogP contribution in [0.5, 0.6) is 0 Å². The first-order valence-corrected chi connectivity index (χ1v) is 10.6. The van der Waals surface area contributed by atoms with E-state index in [1.165, 1.54) is 38.6 Å². The molecule has 0 spiro atoms. The van der Waals surface area contributed by atoms with E-state index in [1.54, 1.807) is 0 Å². The molecular formula is C21H23N5O2S. The molecule has 0 saturated heterocycles. The van der Waals surface area contributed by atoms with Crippen molar-refractivity contribution in [2.24, 2.45) is 0 Å². The lowest BCUT2D eigenvalue weighted by molar-refractivity contribution is 0.101. The maximum absolute atomic E-state index is 12.6. The summed E-state index contributed by atoms with van der Waals surface area (Å²) in [5.74, 6) is -0.345. The fraction of sp³-hybridized carbons (Fsp3) is 0.333. The van der Waals surface area contributed by atoms with Gasteiger partial charge in [0.25, 0.3) is 11.5 Å². The molecule has 1 aromatic carbocycles. The molecule has 3 heterocycles. The largest absolute Gasteiger partial charge is 0.296 e. The van der Waals surface area contributed by atoms with Gasteiger partial charge in [-0.1, -0.05) is 37.3 Å². The molecule has 0 atom stereocenters. The van der Waals surface area contributed by atoms with Crippen LogP contribution in [-0.2, 0) is 26.1 Å². The Bertz CT molecular complexity index is 1060. The summed E-state index contributed by atoms with van der Waals surface area (Å²) in [5.41, 5.74) is 2.37. The summed E-state index contributed by atoms with van der Waals surface area (Å²) in [4.78, 5) is 32.5. The van der Waals surface area contributed by atoms with Crippen molar-refractivity contribution < 1.29 is 4.79 Å². The van der Waals surface area contributed by atoms with Crippen molar-refractivity contribution in [3.05, 3.63) is 74.6 Å². The maximum Gasteiger partial charge on any atom is 0.277 e. The average Bonchev–Trinajstić information content (AvgIpc) is 3.12. The van der Waals surface area contributed by atoms with Crippen molar-refractivity contribution in [3.63, 3.8) is 0 Å². The van der Waals surface area contributed by atoms with Gasteiger partial charge in [0.2, 0.25) is 0 Å². The number of rotatable bonds is 6. The Labute approximate surface area is 173 Å². The summed E-state index contributed by atoms with van der Waals surface area (Å²) in [6, 6.07) is 13.3. The van der Waals surface area contributed by atoms with Crippen molar-refractivity contribution in [2.45, 2.75) is 39.4 Å². The summed E-state index contributed by atoms with van der Waals surface area (Å²) < 4.78 is 1.32. The molecule has 0 radical (unpaired) electrons. The van der Waals surface area contributed by atoms with Gasteiger partial charge in [0.15, 0.2) is 5.13 Å². The maximum atomic E-state index is 12.6. The van der Waals surface area contributed by atoms with Gasteiger partial charge in [0.1, 0.15) is 5.69 Å². The summed E-state index contributed by atoms with van der Waals surface area (Å²) in [6.07, 6.45) is 1.64. The zero-order valence-electron chi connectivity index (χ0n) is 16.3. The lowest BCUT2D eigenvalue weighted by Gasteiger charge is -2.25. The molecule has 1 aliphatic rings. The second-order valence-electron chi connectivity index (χ2n) is 7.07. The van der Waals surface area contributed by atoms with Crippen LogP contribution in [0.1, 0.15) is 40.0 Å². The number of carbonyl (C=O) groups is 1. The molecule has 0 saturated carbocycles. The third kappa shape index (κ3) is 4.60. The van der Waals surface area contributed by atoms with E-state index in [0.717, 1.165) is 38.2 Å². The average molecular weight is 410 g/mol. The lowest BCUT2D eigenvalue weighted by atomic mass is 10.1. The molecule has 150 valence electrons. The van der Waals surface area contributed by atoms with Gasteiger partial charge in [-0.2, -0.15) is 5.10 Å². The minimum Gasteiger partial charge on any atom is -0.296 e. The van der Waals surface area contributed by atoms with Crippen molar-refractivity contribution in [1.29, 1.82) is 0 Å². The first-order chi connectivity index (χ1) is 14.1. The predicted octanol–water partition coefficient (Wildman–Crippen LogP) is 2.92. The van der Waals surface area contributed by atoms with Gasteiger partial charge < -0.3 is 0 Å². The van der Waals surface area contributed by atoms with Gasteiger partial charge in [-0.05, 0) is 18.1 Å². The second-order valence-corrected chi connectivity index (χ2v) is 8.15. The van der Waals surface area contributed by atoms with Crippen LogP contribution < -0.4 is 10.9 Å². The van der Waals surface area contributed by atoms with E-state index < -0.39 is 0 Å². The molecule has 1 aliphatic heterocycles. The van der Waals surface area contributed by atoms with E-state index in [1.807, 2.05) is 13.0 Å². The van der Waals surface area contributed by atoms with Crippen LogP contribution in [0, 0.1) is 0 Å². The summed E-state index contributed by atoms with van der Waals surface area (Å²) in [7, 11) is 0. The highest BCUT2D eigenvalue weighted by Gasteiger charge is 2.22. The van der Waals surface area contributed by atoms with E-state index in [9.17, 15) is 9.59 Å². The third-order valence-corrected chi connectivity index (χ3v) is 5.81. The Kier molecular flexibility index (Phi) is 5.82. The Morgan fingerprint density at radius 1 is 1.21 bits per heavy atom. The van der Waals surface area contributed by atoms with E-state index >= 15 is 0 Å². The van der Waals surface area contributed by atoms with E-state index in [0.29, 0.717) is 11.7 Å². The molecular weight excluding hydrogens is 386 g/mol. The topological polar surface area (TPSA) is 80.1 Å². The summed E-state index contributed by atoms with van der Waals surface area (Å²) in [6.45, 7) is 5.13. The van der Waals surface area contributed by atoms with Gasteiger partial charge in [-0.25, -0.2) is 9.67 Å². The zero-order chi connectivity index (χ0) is 20.2. The van der Waals surface area contributed by atoms with Crippen LogP contribution in [0.4, 0.5) is 5.13 Å². The lowest BCUT2D eigenvalue weighted by Crippen LogP contribution is -2.29. The number of hydrogen-bond donors (Lipinski definition) is 1. The summed E-state index contributed by atoms with van der Waals surface area (Å²) >= 11 is 1.51. The van der Waals surface area contributed by atoms with Crippen LogP contribution in [-0.4, -0.2) is 32.1 Å². The van der Waals surface area contributed by atoms with Crippen LogP contribution in [0.15, 0.2) is 47.3 Å².